The van der Waals surface area contributed by atoms with Gasteiger partial charge in [-0.05, 0) is 30.5 Å². The molecule has 1 N–H and O–H groups in total. The Morgan fingerprint density at radius 3 is 2.35 bits per heavy atom. The third kappa shape index (κ3) is 5.25. The van der Waals surface area contributed by atoms with Crippen molar-refractivity contribution in [3.63, 3.8) is 0 Å². The van der Waals surface area contributed by atoms with E-state index in [9.17, 15) is 4.79 Å². The molecule has 0 radical (unpaired) electrons. The van der Waals surface area contributed by atoms with Crippen LogP contribution in [0.5, 0.6) is 5.75 Å². The number of carbonyl (C=O) groups is 1. The number of hydrogen-bond acceptors (Lipinski definition) is 3. The quantitative estimate of drug-likeness (QED) is 0.655. The zero-order chi connectivity index (χ0) is 16.7. The largest absolute Gasteiger partial charge is 0.484 e. The minimum atomic E-state index is -0.278. The molecule has 0 fully saturated rings. The molecule has 2 aromatic carbocycles. The van der Waals surface area contributed by atoms with E-state index in [1.807, 2.05) is 75.4 Å². The molecular formula is C19H22N2O2. The van der Waals surface area contributed by atoms with Crippen molar-refractivity contribution in [1.29, 1.82) is 0 Å². The van der Waals surface area contributed by atoms with Crippen molar-refractivity contribution in [3.8, 4) is 5.75 Å². The van der Waals surface area contributed by atoms with Gasteiger partial charge in [-0.3, -0.25) is 4.79 Å². The van der Waals surface area contributed by atoms with Gasteiger partial charge < -0.3 is 4.74 Å². The van der Waals surface area contributed by atoms with Crippen LogP contribution in [0.15, 0.2) is 59.7 Å². The summed E-state index contributed by atoms with van der Waals surface area (Å²) in [6.45, 7) is 6.02. The highest BCUT2D eigenvalue weighted by Crippen LogP contribution is 2.11. The zero-order valence-corrected chi connectivity index (χ0v) is 13.7. The number of nitrogens with one attached hydrogen (secondary N) is 1. The van der Waals surface area contributed by atoms with E-state index < -0.39 is 0 Å². The number of carbonyl (C=O) groups excluding carboxylic acids is 1. The molecule has 23 heavy (non-hydrogen) atoms. The van der Waals surface area contributed by atoms with Gasteiger partial charge in [-0.25, -0.2) is 5.43 Å². The van der Waals surface area contributed by atoms with E-state index >= 15 is 0 Å². The van der Waals surface area contributed by atoms with E-state index in [0.717, 1.165) is 16.8 Å². The molecule has 0 aromatic heterocycles. The lowest BCUT2D eigenvalue weighted by Gasteiger charge is -2.11. The van der Waals surface area contributed by atoms with Crippen molar-refractivity contribution in [2.75, 3.05) is 6.61 Å². The molecule has 120 valence electrons. The Balaban J connectivity index is 1.94. The average molecular weight is 310 g/mol. The van der Waals surface area contributed by atoms with Gasteiger partial charge in [0, 0.05) is 0 Å². The topological polar surface area (TPSA) is 50.7 Å². The van der Waals surface area contributed by atoms with Crippen LogP contribution in [0.3, 0.4) is 0 Å². The molecule has 0 aliphatic carbocycles. The van der Waals surface area contributed by atoms with Crippen molar-refractivity contribution >= 4 is 11.6 Å². The highest BCUT2D eigenvalue weighted by molar-refractivity contribution is 6.02. The third-order valence-electron chi connectivity index (χ3n) is 3.31. The Hall–Kier alpha value is -2.62. The number of rotatable bonds is 6. The van der Waals surface area contributed by atoms with Crippen molar-refractivity contribution in [1.82, 2.24) is 5.43 Å². The number of hydrazone groups is 1. The summed E-state index contributed by atoms with van der Waals surface area (Å²) in [6.07, 6.45) is 0. The van der Waals surface area contributed by atoms with Crippen LogP contribution >= 0.6 is 0 Å². The number of amides is 1. The molecule has 0 aliphatic heterocycles. The van der Waals surface area contributed by atoms with Crippen molar-refractivity contribution in [3.05, 3.63) is 65.7 Å². The summed E-state index contributed by atoms with van der Waals surface area (Å²) in [5.41, 5.74) is 5.56. The van der Waals surface area contributed by atoms with Crippen LogP contribution in [0.1, 0.15) is 25.0 Å². The highest BCUT2D eigenvalue weighted by atomic mass is 16.5. The molecule has 0 heterocycles. The number of benzene rings is 2. The van der Waals surface area contributed by atoms with Crippen molar-refractivity contribution < 1.29 is 9.53 Å². The van der Waals surface area contributed by atoms with E-state index in [1.165, 1.54) is 0 Å². The minimum absolute atomic E-state index is 0.0628. The maximum atomic E-state index is 11.9. The van der Waals surface area contributed by atoms with Gasteiger partial charge >= 0.3 is 0 Å². The first-order chi connectivity index (χ1) is 11.1. The Labute approximate surface area is 137 Å². The van der Waals surface area contributed by atoms with Crippen LogP contribution in [0.4, 0.5) is 0 Å². The van der Waals surface area contributed by atoms with Crippen LogP contribution in [0.25, 0.3) is 0 Å². The van der Waals surface area contributed by atoms with Gasteiger partial charge in [-0.2, -0.15) is 5.10 Å². The Kier molecular flexibility index (Phi) is 5.92. The summed E-state index contributed by atoms with van der Waals surface area (Å²) in [4.78, 5) is 11.9. The second-order valence-electron chi connectivity index (χ2n) is 5.65. The fourth-order valence-electron chi connectivity index (χ4n) is 2.07. The lowest BCUT2D eigenvalue weighted by atomic mass is 10.0. The first-order valence-corrected chi connectivity index (χ1v) is 7.67. The van der Waals surface area contributed by atoms with Crippen LogP contribution in [0, 0.1) is 12.8 Å². The molecule has 0 atom stereocenters. The molecular weight excluding hydrogens is 288 g/mol. The van der Waals surface area contributed by atoms with Gasteiger partial charge in [0.25, 0.3) is 5.91 Å². The molecule has 0 spiro atoms. The number of hydrogen-bond donors (Lipinski definition) is 1. The molecule has 0 bridgehead atoms. The van der Waals surface area contributed by atoms with E-state index in [2.05, 4.69) is 10.5 Å². The standard InChI is InChI=1S/C19H22N2O2/c1-14(2)19(16-7-5-4-6-8-16)21-20-18(22)13-23-17-11-9-15(3)10-12-17/h4-12,14H,13H2,1-3H3,(H,20,22)/b21-19+. The molecule has 4 nitrogen and oxygen atoms in total. The Bertz CT molecular complexity index is 662. The summed E-state index contributed by atoms with van der Waals surface area (Å²) < 4.78 is 5.44. The van der Waals surface area contributed by atoms with E-state index in [1.54, 1.807) is 0 Å². The summed E-state index contributed by atoms with van der Waals surface area (Å²) in [5, 5.41) is 4.26. The number of nitrogens with zero attached hydrogens (tertiary/aromatic N) is 1. The minimum Gasteiger partial charge on any atom is -0.484 e. The average Bonchev–Trinajstić information content (AvgIpc) is 2.55. The lowest BCUT2D eigenvalue weighted by Crippen LogP contribution is -2.27. The second kappa shape index (κ2) is 8.13. The van der Waals surface area contributed by atoms with Gasteiger partial charge in [-0.15, -0.1) is 0 Å². The van der Waals surface area contributed by atoms with Crippen LogP contribution in [-0.4, -0.2) is 18.2 Å². The first-order valence-electron chi connectivity index (χ1n) is 7.67. The highest BCUT2D eigenvalue weighted by Gasteiger charge is 2.09. The molecule has 1 amide bonds. The van der Waals surface area contributed by atoms with Crippen LogP contribution < -0.4 is 10.2 Å². The van der Waals surface area contributed by atoms with Gasteiger partial charge in [-0.1, -0.05) is 61.9 Å². The Morgan fingerprint density at radius 2 is 1.74 bits per heavy atom. The molecule has 2 rings (SSSR count). The summed E-state index contributed by atoms with van der Waals surface area (Å²) in [5.74, 6) is 0.595. The zero-order valence-electron chi connectivity index (χ0n) is 13.7. The monoisotopic (exact) mass is 310 g/mol. The maximum Gasteiger partial charge on any atom is 0.277 e. The number of ether oxygens (including phenoxy) is 1. The maximum absolute atomic E-state index is 11.9. The summed E-state index contributed by atoms with van der Waals surface area (Å²) in [6, 6.07) is 17.4. The van der Waals surface area contributed by atoms with Gasteiger partial charge in [0.1, 0.15) is 5.75 Å². The second-order valence-corrected chi connectivity index (χ2v) is 5.65. The lowest BCUT2D eigenvalue weighted by molar-refractivity contribution is -0.123. The Morgan fingerprint density at radius 1 is 1.09 bits per heavy atom. The SMILES string of the molecule is Cc1ccc(OCC(=O)N/N=C(/c2ccccc2)C(C)C)cc1. The van der Waals surface area contributed by atoms with Crippen molar-refractivity contribution in [2.45, 2.75) is 20.8 Å². The molecule has 2 aromatic rings. The fourth-order valence-corrected chi connectivity index (χ4v) is 2.07. The van der Waals surface area contributed by atoms with Crippen LogP contribution in [-0.2, 0) is 4.79 Å². The fraction of sp³-hybridized carbons (Fsp3) is 0.263. The first kappa shape index (κ1) is 16.7. The predicted molar refractivity (Wildman–Crippen MR) is 92.6 cm³/mol. The van der Waals surface area contributed by atoms with Crippen LogP contribution in [0.2, 0.25) is 0 Å². The predicted octanol–water partition coefficient (Wildman–Crippen LogP) is 3.55. The van der Waals surface area contributed by atoms with Gasteiger partial charge in [0.15, 0.2) is 6.61 Å². The molecule has 0 saturated carbocycles. The van der Waals surface area contributed by atoms with E-state index in [4.69, 9.17) is 4.74 Å². The van der Waals surface area contributed by atoms with Crippen molar-refractivity contribution in [2.24, 2.45) is 11.0 Å². The molecule has 0 saturated heterocycles. The van der Waals surface area contributed by atoms with E-state index in [-0.39, 0.29) is 18.4 Å². The summed E-state index contributed by atoms with van der Waals surface area (Å²) in [7, 11) is 0. The summed E-state index contributed by atoms with van der Waals surface area (Å²) >= 11 is 0. The van der Waals surface area contributed by atoms with Gasteiger partial charge in [0.2, 0.25) is 0 Å². The number of aryl methyl sites for hydroxylation is 1. The molecule has 4 heteroatoms. The van der Waals surface area contributed by atoms with Gasteiger partial charge in [0.05, 0.1) is 5.71 Å². The molecule has 0 unspecified atom stereocenters. The third-order valence-corrected chi connectivity index (χ3v) is 3.31. The normalized spacial score (nSPS) is 11.4. The molecule has 0 aliphatic rings. The van der Waals surface area contributed by atoms with E-state index in [0.29, 0.717) is 5.75 Å². The smallest absolute Gasteiger partial charge is 0.277 e.